The lowest BCUT2D eigenvalue weighted by molar-refractivity contribution is 0.354. The molecular formula is C22H25N3O3S. The Morgan fingerprint density at radius 1 is 0.966 bits per heavy atom. The van der Waals surface area contributed by atoms with E-state index >= 15 is 0 Å². The smallest absolute Gasteiger partial charge is 0.170 e. The van der Waals surface area contributed by atoms with Gasteiger partial charge in [0.25, 0.3) is 0 Å². The van der Waals surface area contributed by atoms with Crippen LogP contribution in [0, 0.1) is 0 Å². The van der Waals surface area contributed by atoms with Gasteiger partial charge in [-0.2, -0.15) is 0 Å². The highest BCUT2D eigenvalue weighted by molar-refractivity contribution is 7.80. The number of hydrogen-bond donors (Lipinski definition) is 2. The molecule has 0 atom stereocenters. The van der Waals surface area contributed by atoms with E-state index in [9.17, 15) is 0 Å². The largest absolute Gasteiger partial charge is 0.494 e. The van der Waals surface area contributed by atoms with E-state index in [-0.39, 0.29) is 0 Å². The maximum Gasteiger partial charge on any atom is 0.170 e. The number of methoxy groups -OCH3 is 3. The van der Waals surface area contributed by atoms with Gasteiger partial charge in [0.15, 0.2) is 16.6 Å². The van der Waals surface area contributed by atoms with Gasteiger partial charge in [-0.05, 0) is 67.0 Å². The molecule has 3 aromatic rings. The Hall–Kier alpha value is -3.06. The van der Waals surface area contributed by atoms with Crippen LogP contribution in [0.4, 0.5) is 5.69 Å². The second kappa shape index (κ2) is 9.93. The molecule has 0 fully saturated rings. The second-order valence-corrected chi connectivity index (χ2v) is 6.80. The number of pyridine rings is 1. The van der Waals surface area contributed by atoms with E-state index in [1.807, 2.05) is 36.4 Å². The Kier molecular flexibility index (Phi) is 7.08. The molecular weight excluding hydrogens is 386 g/mol. The van der Waals surface area contributed by atoms with Crippen LogP contribution < -0.4 is 24.8 Å². The van der Waals surface area contributed by atoms with Crippen molar-refractivity contribution in [3.05, 3.63) is 54.2 Å². The van der Waals surface area contributed by atoms with Gasteiger partial charge in [-0.3, -0.25) is 4.98 Å². The number of rotatable bonds is 8. The molecule has 0 amide bonds. The summed E-state index contributed by atoms with van der Waals surface area (Å²) in [6, 6.07) is 13.7. The first-order chi connectivity index (χ1) is 14.2. The SMILES string of the molecule is COc1ccc(CCCNC(=S)Nc2ccc(OC)c3ncccc23)cc1OC. The van der Waals surface area contributed by atoms with Crippen molar-refractivity contribution in [1.29, 1.82) is 0 Å². The van der Waals surface area contributed by atoms with Gasteiger partial charge in [-0.25, -0.2) is 0 Å². The molecule has 0 aliphatic carbocycles. The molecule has 2 N–H and O–H groups in total. The summed E-state index contributed by atoms with van der Waals surface area (Å²) in [6.07, 6.45) is 3.59. The minimum absolute atomic E-state index is 0.577. The molecule has 0 bridgehead atoms. The predicted molar refractivity (Wildman–Crippen MR) is 120 cm³/mol. The maximum atomic E-state index is 5.45. The van der Waals surface area contributed by atoms with Gasteiger partial charge in [0.2, 0.25) is 0 Å². The van der Waals surface area contributed by atoms with Gasteiger partial charge in [0, 0.05) is 23.8 Å². The van der Waals surface area contributed by atoms with Gasteiger partial charge < -0.3 is 24.8 Å². The van der Waals surface area contributed by atoms with Crippen LogP contribution in [0.1, 0.15) is 12.0 Å². The van der Waals surface area contributed by atoms with Crippen molar-refractivity contribution in [3.63, 3.8) is 0 Å². The molecule has 0 radical (unpaired) electrons. The van der Waals surface area contributed by atoms with Crippen LogP contribution >= 0.6 is 12.2 Å². The first-order valence-electron chi connectivity index (χ1n) is 9.33. The molecule has 3 rings (SSSR count). The third kappa shape index (κ3) is 5.06. The Morgan fingerprint density at radius 2 is 1.72 bits per heavy atom. The number of fused-ring (bicyclic) bond motifs is 1. The summed E-state index contributed by atoms with van der Waals surface area (Å²) in [5.74, 6) is 2.22. The third-order valence-electron chi connectivity index (χ3n) is 4.58. The Morgan fingerprint density at radius 3 is 2.48 bits per heavy atom. The predicted octanol–water partition coefficient (Wildman–Crippen LogP) is 4.18. The minimum Gasteiger partial charge on any atom is -0.494 e. The summed E-state index contributed by atoms with van der Waals surface area (Å²) < 4.78 is 16.0. The van der Waals surface area contributed by atoms with Crippen LogP contribution in [0.25, 0.3) is 10.9 Å². The van der Waals surface area contributed by atoms with E-state index in [4.69, 9.17) is 26.4 Å². The molecule has 7 heteroatoms. The zero-order valence-electron chi connectivity index (χ0n) is 16.8. The first-order valence-corrected chi connectivity index (χ1v) is 9.74. The zero-order chi connectivity index (χ0) is 20.6. The van der Waals surface area contributed by atoms with Gasteiger partial charge in [0.05, 0.1) is 21.3 Å². The van der Waals surface area contributed by atoms with Crippen molar-refractivity contribution in [3.8, 4) is 17.2 Å². The fourth-order valence-corrected chi connectivity index (χ4v) is 3.33. The monoisotopic (exact) mass is 411 g/mol. The average Bonchev–Trinajstić information content (AvgIpc) is 2.76. The second-order valence-electron chi connectivity index (χ2n) is 6.39. The molecule has 1 heterocycles. The van der Waals surface area contributed by atoms with E-state index in [0.29, 0.717) is 5.11 Å². The lowest BCUT2D eigenvalue weighted by atomic mass is 10.1. The molecule has 152 valence electrons. The van der Waals surface area contributed by atoms with E-state index in [2.05, 4.69) is 21.7 Å². The Labute approximate surface area is 176 Å². The van der Waals surface area contributed by atoms with Crippen LogP contribution in [0.5, 0.6) is 17.2 Å². The van der Waals surface area contributed by atoms with E-state index < -0.39 is 0 Å². The quantitative estimate of drug-likeness (QED) is 0.426. The van der Waals surface area contributed by atoms with E-state index in [0.717, 1.165) is 53.2 Å². The summed E-state index contributed by atoms with van der Waals surface area (Å²) in [6.45, 7) is 0.756. The average molecular weight is 412 g/mol. The molecule has 0 saturated heterocycles. The summed E-state index contributed by atoms with van der Waals surface area (Å²) in [7, 11) is 4.92. The number of benzene rings is 2. The molecule has 6 nitrogen and oxygen atoms in total. The van der Waals surface area contributed by atoms with Crippen molar-refractivity contribution in [2.45, 2.75) is 12.8 Å². The number of thiocarbonyl (C=S) groups is 1. The lowest BCUT2D eigenvalue weighted by Gasteiger charge is -2.14. The molecule has 0 aliphatic heterocycles. The van der Waals surface area contributed by atoms with Crippen LogP contribution in [0.2, 0.25) is 0 Å². The normalized spacial score (nSPS) is 10.4. The zero-order valence-corrected chi connectivity index (χ0v) is 17.6. The van der Waals surface area contributed by atoms with Gasteiger partial charge in [-0.15, -0.1) is 0 Å². The molecule has 0 saturated carbocycles. The molecule has 0 aliphatic rings. The Bertz CT molecular complexity index is 994. The number of aromatic nitrogens is 1. The molecule has 0 unspecified atom stereocenters. The lowest BCUT2D eigenvalue weighted by Crippen LogP contribution is -2.29. The summed E-state index contributed by atoms with van der Waals surface area (Å²) in [4.78, 5) is 4.41. The number of ether oxygens (including phenoxy) is 3. The van der Waals surface area contributed by atoms with E-state index in [1.54, 1.807) is 27.5 Å². The highest BCUT2D eigenvalue weighted by atomic mass is 32.1. The summed E-state index contributed by atoms with van der Waals surface area (Å²) >= 11 is 5.45. The summed E-state index contributed by atoms with van der Waals surface area (Å²) in [5.41, 5.74) is 2.89. The fourth-order valence-electron chi connectivity index (χ4n) is 3.12. The van der Waals surface area contributed by atoms with Crippen LogP contribution in [0.15, 0.2) is 48.7 Å². The highest BCUT2D eigenvalue weighted by Gasteiger charge is 2.09. The van der Waals surface area contributed by atoms with Gasteiger partial charge >= 0.3 is 0 Å². The van der Waals surface area contributed by atoms with Crippen LogP contribution in [-0.2, 0) is 6.42 Å². The van der Waals surface area contributed by atoms with E-state index in [1.165, 1.54) is 5.56 Å². The van der Waals surface area contributed by atoms with Crippen molar-refractivity contribution < 1.29 is 14.2 Å². The van der Waals surface area contributed by atoms with Crippen LogP contribution in [0.3, 0.4) is 0 Å². The first kappa shape index (κ1) is 20.7. The van der Waals surface area contributed by atoms with Gasteiger partial charge in [-0.1, -0.05) is 6.07 Å². The maximum absolute atomic E-state index is 5.45. The minimum atomic E-state index is 0.577. The van der Waals surface area contributed by atoms with Crippen molar-refractivity contribution in [2.24, 2.45) is 0 Å². The number of nitrogens with zero attached hydrogens (tertiary/aromatic N) is 1. The Balaban J connectivity index is 1.54. The van der Waals surface area contributed by atoms with Crippen molar-refractivity contribution in [2.75, 3.05) is 33.2 Å². The molecule has 29 heavy (non-hydrogen) atoms. The van der Waals surface area contributed by atoms with Crippen molar-refractivity contribution >= 4 is 33.9 Å². The number of nitrogens with one attached hydrogen (secondary N) is 2. The third-order valence-corrected chi connectivity index (χ3v) is 4.82. The number of hydrogen-bond acceptors (Lipinski definition) is 5. The number of anilines is 1. The molecule has 0 spiro atoms. The van der Waals surface area contributed by atoms with Gasteiger partial charge in [0.1, 0.15) is 11.3 Å². The highest BCUT2D eigenvalue weighted by Crippen LogP contribution is 2.30. The topological polar surface area (TPSA) is 64.6 Å². The molecule has 1 aromatic heterocycles. The standard InChI is InChI=1S/C22H25N3O3S/c1-26-18-10-8-15(14-20(18)28-3)6-4-13-24-22(29)25-17-9-11-19(27-2)21-16(17)7-5-12-23-21/h5,7-12,14H,4,6,13H2,1-3H3,(H2,24,25,29). The van der Waals surface area contributed by atoms with Crippen molar-refractivity contribution in [1.82, 2.24) is 10.3 Å². The molecule has 2 aromatic carbocycles. The van der Waals surface area contributed by atoms with Crippen LogP contribution in [-0.4, -0.2) is 38.0 Å². The number of aryl methyl sites for hydroxylation is 1. The summed E-state index contributed by atoms with van der Waals surface area (Å²) in [5, 5.41) is 8.05. The fraction of sp³-hybridized carbons (Fsp3) is 0.273.